The van der Waals surface area contributed by atoms with Crippen molar-refractivity contribution in [2.24, 2.45) is 0 Å². The monoisotopic (exact) mass is 316 g/mol. The predicted molar refractivity (Wildman–Crippen MR) is 87.0 cm³/mol. The van der Waals surface area contributed by atoms with Gasteiger partial charge in [0.05, 0.1) is 23.7 Å². The Balaban J connectivity index is 2.03. The number of hydrogen-bond acceptors (Lipinski definition) is 4. The van der Waals surface area contributed by atoms with Gasteiger partial charge in [0.1, 0.15) is 11.9 Å². The van der Waals surface area contributed by atoms with Gasteiger partial charge in [-0.3, -0.25) is 4.98 Å². The lowest BCUT2D eigenvalue weighted by Gasteiger charge is -2.20. The van der Waals surface area contributed by atoms with E-state index in [0.29, 0.717) is 12.1 Å². The minimum absolute atomic E-state index is 0.117. The number of nitrogens with one attached hydrogen (secondary N) is 1. The van der Waals surface area contributed by atoms with E-state index in [2.05, 4.69) is 24.1 Å². The molecule has 0 aliphatic carbocycles. The average molecular weight is 316 g/mol. The fourth-order valence-electron chi connectivity index (χ4n) is 2.96. The minimum Gasteiger partial charge on any atom is -0.393 e. The van der Waals surface area contributed by atoms with E-state index in [0.717, 1.165) is 29.1 Å². The molecule has 3 rings (SSSR count). The summed E-state index contributed by atoms with van der Waals surface area (Å²) in [4.78, 5) is 4.64. The first-order chi connectivity index (χ1) is 10.9. The normalized spacial score (nSPS) is 16.7. The van der Waals surface area contributed by atoms with Gasteiger partial charge in [0, 0.05) is 12.0 Å². The molecule has 0 saturated heterocycles. The van der Waals surface area contributed by atoms with Crippen LogP contribution >= 0.6 is 0 Å². The zero-order valence-corrected chi connectivity index (χ0v) is 13.3. The Kier molecular flexibility index (Phi) is 4.08. The third-order valence-electron chi connectivity index (χ3n) is 4.29. The van der Waals surface area contributed by atoms with Crippen molar-refractivity contribution < 1.29 is 14.6 Å². The summed E-state index contributed by atoms with van der Waals surface area (Å²) in [5.41, 5.74) is 4.00. The molecule has 0 fully saturated rings. The van der Waals surface area contributed by atoms with E-state index in [1.54, 1.807) is 12.1 Å². The molecule has 0 spiro atoms. The van der Waals surface area contributed by atoms with Gasteiger partial charge < -0.3 is 15.5 Å². The Morgan fingerprint density at radius 1 is 1.30 bits per heavy atom. The maximum absolute atomic E-state index is 13.1. The fourth-order valence-corrected chi connectivity index (χ4v) is 2.96. The number of anilines is 1. The maximum atomic E-state index is 13.1. The van der Waals surface area contributed by atoms with Gasteiger partial charge in [-0.1, -0.05) is 26.0 Å². The number of pyridine rings is 1. The van der Waals surface area contributed by atoms with Crippen molar-refractivity contribution in [2.75, 3.05) is 18.5 Å². The summed E-state index contributed by atoms with van der Waals surface area (Å²) in [6, 6.07) is 8.25. The minimum atomic E-state index is -1.02. The summed E-state index contributed by atoms with van der Waals surface area (Å²) in [5, 5.41) is 22.8. The second-order valence-corrected chi connectivity index (χ2v) is 6.67. The van der Waals surface area contributed by atoms with E-state index in [4.69, 9.17) is 0 Å². The lowest BCUT2D eigenvalue weighted by molar-refractivity contribution is 0.0913. The molecule has 1 aromatic carbocycles. The van der Waals surface area contributed by atoms with Crippen LogP contribution in [0, 0.1) is 5.82 Å². The number of benzene rings is 1. The van der Waals surface area contributed by atoms with Gasteiger partial charge >= 0.3 is 0 Å². The zero-order chi connectivity index (χ0) is 16.6. The predicted octanol–water partition coefficient (Wildman–Crippen LogP) is 2.54. The number of halogens is 1. The maximum Gasteiger partial charge on any atom is 0.123 e. The highest BCUT2D eigenvalue weighted by Gasteiger charge is 2.33. The van der Waals surface area contributed by atoms with E-state index in [-0.39, 0.29) is 17.8 Å². The Bertz CT molecular complexity index is 714. The van der Waals surface area contributed by atoms with Crippen LogP contribution in [-0.2, 0) is 11.8 Å². The molecule has 2 heterocycles. The molecule has 3 N–H and O–H groups in total. The molecule has 23 heavy (non-hydrogen) atoms. The topological polar surface area (TPSA) is 65.4 Å². The quantitative estimate of drug-likeness (QED) is 0.811. The third-order valence-corrected chi connectivity index (χ3v) is 4.29. The van der Waals surface area contributed by atoms with Crippen LogP contribution in [0.3, 0.4) is 0 Å². The number of aliphatic hydroxyl groups is 2. The highest BCUT2D eigenvalue weighted by molar-refractivity contribution is 5.59. The number of aliphatic hydroxyl groups excluding tert-OH is 2. The van der Waals surface area contributed by atoms with E-state index < -0.39 is 6.10 Å². The molecule has 4 nitrogen and oxygen atoms in total. The van der Waals surface area contributed by atoms with Crippen molar-refractivity contribution in [2.45, 2.75) is 31.8 Å². The van der Waals surface area contributed by atoms with Crippen LogP contribution in [0.1, 0.15) is 42.5 Å². The van der Waals surface area contributed by atoms with E-state index in [1.165, 1.54) is 12.1 Å². The number of nitrogens with zero attached hydrogens (tertiary/aromatic N) is 1. The van der Waals surface area contributed by atoms with Crippen molar-refractivity contribution in [3.05, 3.63) is 58.7 Å². The Morgan fingerprint density at radius 3 is 2.65 bits per heavy atom. The Labute approximate surface area is 135 Å². The van der Waals surface area contributed by atoms with Crippen molar-refractivity contribution >= 4 is 5.69 Å². The molecule has 1 unspecified atom stereocenters. The van der Waals surface area contributed by atoms with Crippen molar-refractivity contribution in [3.8, 4) is 0 Å². The van der Waals surface area contributed by atoms with Crippen LogP contribution < -0.4 is 5.32 Å². The second kappa shape index (κ2) is 5.91. The molecule has 1 aliphatic heterocycles. The summed E-state index contributed by atoms with van der Waals surface area (Å²) in [7, 11) is 0. The summed E-state index contributed by atoms with van der Waals surface area (Å²) in [5.74, 6) is -0.278. The van der Waals surface area contributed by atoms with Gasteiger partial charge in [0.2, 0.25) is 0 Å². The van der Waals surface area contributed by atoms with Crippen LogP contribution in [0.2, 0.25) is 0 Å². The Hall–Kier alpha value is -1.98. The average Bonchev–Trinajstić information content (AvgIpc) is 2.83. The van der Waals surface area contributed by atoms with Gasteiger partial charge in [0.25, 0.3) is 0 Å². The molecular weight excluding hydrogens is 295 g/mol. The van der Waals surface area contributed by atoms with Crippen molar-refractivity contribution in [1.29, 1.82) is 0 Å². The summed E-state index contributed by atoms with van der Waals surface area (Å²) in [6.07, 6.45) is -0.498. The molecule has 1 aromatic heterocycles. The van der Waals surface area contributed by atoms with Gasteiger partial charge in [-0.15, -0.1) is 0 Å². The lowest BCUT2D eigenvalue weighted by Crippen LogP contribution is -2.21. The molecule has 1 atom stereocenters. The molecular formula is C18H21FN2O2. The van der Waals surface area contributed by atoms with Crippen molar-refractivity contribution in [1.82, 2.24) is 4.98 Å². The number of aromatic nitrogens is 1. The number of hydrogen-bond donors (Lipinski definition) is 3. The molecule has 0 bridgehead atoms. The number of rotatable bonds is 4. The van der Waals surface area contributed by atoms with Gasteiger partial charge in [-0.25, -0.2) is 4.39 Å². The fraction of sp³-hybridized carbons (Fsp3) is 0.389. The highest BCUT2D eigenvalue weighted by Crippen LogP contribution is 2.37. The lowest BCUT2D eigenvalue weighted by atomic mass is 9.90. The van der Waals surface area contributed by atoms with Crippen molar-refractivity contribution in [3.63, 3.8) is 0 Å². The summed E-state index contributed by atoms with van der Waals surface area (Å²) < 4.78 is 13.1. The summed E-state index contributed by atoms with van der Waals surface area (Å²) in [6.45, 7) is 4.58. The van der Waals surface area contributed by atoms with Crippen LogP contribution in [0.25, 0.3) is 0 Å². The highest BCUT2D eigenvalue weighted by atomic mass is 19.1. The van der Waals surface area contributed by atoms with E-state index >= 15 is 0 Å². The molecule has 122 valence electrons. The second-order valence-electron chi connectivity index (χ2n) is 6.67. The molecule has 5 heteroatoms. The van der Waals surface area contributed by atoms with Gasteiger partial charge in [-0.05, 0) is 35.7 Å². The smallest absolute Gasteiger partial charge is 0.123 e. The molecule has 0 saturated carbocycles. The first-order valence-electron chi connectivity index (χ1n) is 7.72. The molecule has 0 radical (unpaired) electrons. The van der Waals surface area contributed by atoms with Crippen LogP contribution in [0.5, 0.6) is 0 Å². The van der Waals surface area contributed by atoms with Crippen LogP contribution in [0.15, 0.2) is 30.3 Å². The summed E-state index contributed by atoms with van der Waals surface area (Å²) >= 11 is 0. The van der Waals surface area contributed by atoms with E-state index in [1.807, 2.05) is 6.07 Å². The molecule has 2 aromatic rings. The largest absolute Gasteiger partial charge is 0.393 e. The van der Waals surface area contributed by atoms with Gasteiger partial charge in [-0.2, -0.15) is 0 Å². The standard InChI is InChI=1S/C18H21FN2O2/c1-18(2)10-20-14-8-12(7-11-3-5-13(19)6-4-11)16(15(23)9-22)21-17(14)18/h3-6,8,15,20,22-23H,7,9-10H2,1-2H3. The first kappa shape index (κ1) is 15.9. The van der Waals surface area contributed by atoms with E-state index in [9.17, 15) is 14.6 Å². The Morgan fingerprint density at radius 2 is 2.00 bits per heavy atom. The third kappa shape index (κ3) is 3.07. The SMILES string of the molecule is CC1(C)CNc2cc(Cc3ccc(F)cc3)c(C(O)CO)nc21. The zero-order valence-electron chi connectivity index (χ0n) is 13.3. The number of fused-ring (bicyclic) bond motifs is 1. The van der Waals surface area contributed by atoms with Crippen LogP contribution in [-0.4, -0.2) is 28.3 Å². The molecule has 0 amide bonds. The van der Waals surface area contributed by atoms with Crippen LogP contribution in [0.4, 0.5) is 10.1 Å². The first-order valence-corrected chi connectivity index (χ1v) is 7.72. The molecule has 1 aliphatic rings. The van der Waals surface area contributed by atoms with Gasteiger partial charge in [0.15, 0.2) is 0 Å².